The van der Waals surface area contributed by atoms with E-state index in [1.807, 2.05) is 7.05 Å². The molecule has 5 nitrogen and oxygen atoms in total. The third-order valence-electron chi connectivity index (χ3n) is 2.66. The highest BCUT2D eigenvalue weighted by Gasteiger charge is 2.28. The maximum Gasteiger partial charge on any atom is 0.112 e. The molecule has 1 aliphatic rings. The predicted molar refractivity (Wildman–Crippen MR) is 51.5 cm³/mol. The van der Waals surface area contributed by atoms with Crippen LogP contribution < -0.4 is 5.73 Å². The molecule has 2 atom stereocenters. The second-order valence-electron chi connectivity index (χ2n) is 3.69. The lowest BCUT2D eigenvalue weighted by Crippen LogP contribution is -2.28. The Kier molecular flexibility index (Phi) is 2.79. The minimum absolute atomic E-state index is 0.0439. The summed E-state index contributed by atoms with van der Waals surface area (Å²) in [6.45, 7) is 1.46. The SMILES string of the molecule is Cn1ncc(C2OCCCC2CN)n1. The second-order valence-corrected chi connectivity index (χ2v) is 3.69. The molecule has 2 N–H and O–H groups in total. The summed E-state index contributed by atoms with van der Waals surface area (Å²) in [6, 6.07) is 0. The second kappa shape index (κ2) is 4.06. The molecule has 5 heteroatoms. The highest BCUT2D eigenvalue weighted by molar-refractivity contribution is 5.00. The first kappa shape index (κ1) is 9.61. The lowest BCUT2D eigenvalue weighted by molar-refractivity contribution is -0.0279. The third kappa shape index (κ3) is 1.78. The number of rotatable bonds is 2. The molecule has 0 amide bonds. The average Bonchev–Trinajstić information content (AvgIpc) is 2.65. The van der Waals surface area contributed by atoms with Crippen molar-refractivity contribution in [3.8, 4) is 0 Å². The van der Waals surface area contributed by atoms with E-state index in [1.165, 1.54) is 0 Å². The molecule has 1 fully saturated rings. The molecule has 1 aliphatic heterocycles. The van der Waals surface area contributed by atoms with Crippen LogP contribution in [0.15, 0.2) is 6.20 Å². The summed E-state index contributed by atoms with van der Waals surface area (Å²) in [6.07, 6.45) is 4.03. The van der Waals surface area contributed by atoms with Crippen LogP contribution in [0.5, 0.6) is 0 Å². The van der Waals surface area contributed by atoms with E-state index in [0.29, 0.717) is 12.5 Å². The van der Waals surface area contributed by atoms with Gasteiger partial charge in [-0.2, -0.15) is 15.0 Å². The predicted octanol–water partition coefficient (Wildman–Crippen LogP) is 0.241. The van der Waals surface area contributed by atoms with Crippen molar-refractivity contribution in [1.29, 1.82) is 0 Å². The standard InChI is InChI=1S/C9H16N4O/c1-13-11-6-8(12-13)9-7(5-10)3-2-4-14-9/h6-7,9H,2-5,10H2,1H3. The van der Waals surface area contributed by atoms with Gasteiger partial charge in [-0.15, -0.1) is 0 Å². The molecule has 0 aromatic carbocycles. The first-order valence-corrected chi connectivity index (χ1v) is 4.99. The number of aromatic nitrogens is 3. The minimum Gasteiger partial charge on any atom is -0.371 e. The van der Waals surface area contributed by atoms with Gasteiger partial charge in [-0.3, -0.25) is 0 Å². The van der Waals surface area contributed by atoms with Gasteiger partial charge in [0.05, 0.1) is 6.20 Å². The smallest absolute Gasteiger partial charge is 0.112 e. The zero-order chi connectivity index (χ0) is 9.97. The molecule has 0 bridgehead atoms. The molecule has 0 radical (unpaired) electrons. The van der Waals surface area contributed by atoms with Gasteiger partial charge in [0.25, 0.3) is 0 Å². The van der Waals surface area contributed by atoms with Gasteiger partial charge in [-0.1, -0.05) is 0 Å². The molecule has 1 aromatic heterocycles. The van der Waals surface area contributed by atoms with E-state index in [9.17, 15) is 0 Å². The Morgan fingerprint density at radius 3 is 3.21 bits per heavy atom. The number of hydrogen-bond donors (Lipinski definition) is 1. The molecule has 2 rings (SSSR count). The van der Waals surface area contributed by atoms with Crippen molar-refractivity contribution in [2.45, 2.75) is 18.9 Å². The van der Waals surface area contributed by atoms with Gasteiger partial charge in [0.2, 0.25) is 0 Å². The van der Waals surface area contributed by atoms with E-state index >= 15 is 0 Å². The monoisotopic (exact) mass is 196 g/mol. The number of nitrogens with two attached hydrogens (primary N) is 1. The Labute approximate surface area is 83.2 Å². The number of hydrogen-bond acceptors (Lipinski definition) is 4. The van der Waals surface area contributed by atoms with Crippen LogP contribution in [0.2, 0.25) is 0 Å². The zero-order valence-electron chi connectivity index (χ0n) is 8.39. The number of ether oxygens (including phenoxy) is 1. The quantitative estimate of drug-likeness (QED) is 0.736. The molecule has 14 heavy (non-hydrogen) atoms. The molecule has 1 saturated heterocycles. The molecule has 78 valence electrons. The van der Waals surface area contributed by atoms with Crippen LogP contribution >= 0.6 is 0 Å². The van der Waals surface area contributed by atoms with Crippen molar-refractivity contribution in [3.05, 3.63) is 11.9 Å². The van der Waals surface area contributed by atoms with Crippen LogP contribution in [0.4, 0.5) is 0 Å². The zero-order valence-corrected chi connectivity index (χ0v) is 8.39. The largest absolute Gasteiger partial charge is 0.371 e. The average molecular weight is 196 g/mol. The summed E-state index contributed by atoms with van der Waals surface area (Å²) in [5.41, 5.74) is 6.61. The third-order valence-corrected chi connectivity index (χ3v) is 2.66. The lowest BCUT2D eigenvalue weighted by atomic mass is 9.93. The van der Waals surface area contributed by atoms with Crippen LogP contribution in [0, 0.1) is 5.92 Å². The van der Waals surface area contributed by atoms with Crippen molar-refractivity contribution in [1.82, 2.24) is 15.0 Å². The molecular weight excluding hydrogens is 180 g/mol. The van der Waals surface area contributed by atoms with E-state index < -0.39 is 0 Å². The van der Waals surface area contributed by atoms with Gasteiger partial charge in [0.15, 0.2) is 0 Å². The van der Waals surface area contributed by atoms with E-state index in [-0.39, 0.29) is 6.10 Å². The van der Waals surface area contributed by atoms with Crippen LogP contribution in [0.3, 0.4) is 0 Å². The van der Waals surface area contributed by atoms with Crippen molar-refractivity contribution in [2.75, 3.05) is 13.2 Å². The first-order chi connectivity index (χ1) is 6.81. The number of nitrogens with zero attached hydrogens (tertiary/aromatic N) is 3. The van der Waals surface area contributed by atoms with Gasteiger partial charge >= 0.3 is 0 Å². The van der Waals surface area contributed by atoms with Crippen molar-refractivity contribution in [3.63, 3.8) is 0 Å². The van der Waals surface area contributed by atoms with Crippen molar-refractivity contribution < 1.29 is 4.74 Å². The molecule has 2 heterocycles. The molecule has 0 saturated carbocycles. The summed E-state index contributed by atoms with van der Waals surface area (Å²) in [5, 5.41) is 8.30. The minimum atomic E-state index is 0.0439. The molecule has 0 spiro atoms. The van der Waals surface area contributed by atoms with E-state index in [2.05, 4.69) is 10.2 Å². The fraction of sp³-hybridized carbons (Fsp3) is 0.778. The maximum absolute atomic E-state index is 5.70. The van der Waals surface area contributed by atoms with Gasteiger partial charge < -0.3 is 10.5 Å². The summed E-state index contributed by atoms with van der Waals surface area (Å²) >= 11 is 0. The molecule has 2 unspecified atom stereocenters. The molecule has 1 aromatic rings. The van der Waals surface area contributed by atoms with E-state index in [0.717, 1.165) is 25.1 Å². The van der Waals surface area contributed by atoms with E-state index in [1.54, 1.807) is 11.0 Å². The van der Waals surface area contributed by atoms with Crippen LogP contribution in [-0.4, -0.2) is 28.1 Å². The summed E-state index contributed by atoms with van der Waals surface area (Å²) < 4.78 is 5.68. The van der Waals surface area contributed by atoms with E-state index in [4.69, 9.17) is 10.5 Å². The Bertz CT molecular complexity index is 299. The van der Waals surface area contributed by atoms with Gasteiger partial charge in [0, 0.05) is 19.6 Å². The highest BCUT2D eigenvalue weighted by Crippen LogP contribution is 2.31. The summed E-state index contributed by atoms with van der Waals surface area (Å²) in [7, 11) is 1.81. The molecular formula is C9H16N4O. The van der Waals surface area contributed by atoms with Crippen LogP contribution in [0.25, 0.3) is 0 Å². The Morgan fingerprint density at radius 1 is 1.71 bits per heavy atom. The Balaban J connectivity index is 2.14. The lowest BCUT2D eigenvalue weighted by Gasteiger charge is -2.29. The van der Waals surface area contributed by atoms with Crippen molar-refractivity contribution in [2.24, 2.45) is 18.7 Å². The first-order valence-electron chi connectivity index (χ1n) is 4.99. The topological polar surface area (TPSA) is 66.0 Å². The fourth-order valence-electron chi connectivity index (χ4n) is 1.90. The van der Waals surface area contributed by atoms with Crippen LogP contribution in [0.1, 0.15) is 24.6 Å². The van der Waals surface area contributed by atoms with Gasteiger partial charge in [-0.05, 0) is 19.4 Å². The summed E-state index contributed by atoms with van der Waals surface area (Å²) in [4.78, 5) is 1.56. The summed E-state index contributed by atoms with van der Waals surface area (Å²) in [5.74, 6) is 0.389. The molecule has 0 aliphatic carbocycles. The van der Waals surface area contributed by atoms with Crippen LogP contribution in [-0.2, 0) is 11.8 Å². The number of aryl methyl sites for hydroxylation is 1. The fourth-order valence-corrected chi connectivity index (χ4v) is 1.90. The van der Waals surface area contributed by atoms with Crippen molar-refractivity contribution >= 4 is 0 Å². The van der Waals surface area contributed by atoms with Gasteiger partial charge in [-0.25, -0.2) is 0 Å². The Morgan fingerprint density at radius 2 is 2.57 bits per heavy atom. The maximum atomic E-state index is 5.70. The van der Waals surface area contributed by atoms with Gasteiger partial charge in [0.1, 0.15) is 11.8 Å². The normalized spacial score (nSPS) is 27.9. The Hall–Kier alpha value is -0.940. The highest BCUT2D eigenvalue weighted by atomic mass is 16.5.